The fourth-order valence-corrected chi connectivity index (χ4v) is 2.23. The van der Waals surface area contributed by atoms with Gasteiger partial charge >= 0.3 is 5.97 Å². The number of benzene rings is 1. The highest BCUT2D eigenvalue weighted by Gasteiger charge is 2.08. The summed E-state index contributed by atoms with van der Waals surface area (Å²) in [4.78, 5) is 19.3. The summed E-state index contributed by atoms with van der Waals surface area (Å²) in [5.41, 5.74) is 3.78. The Balaban J connectivity index is 2.20. The van der Waals surface area contributed by atoms with E-state index in [0.717, 1.165) is 27.7 Å². The van der Waals surface area contributed by atoms with Gasteiger partial charge in [0.2, 0.25) is 0 Å². The molecule has 0 aliphatic rings. The largest absolute Gasteiger partial charge is 0.477 e. The maximum Gasteiger partial charge on any atom is 0.354 e. The SMILES string of the molecule is Cc1cc(-c2ccc(C(=O)O)nc2)c2ccccc2n1. The summed E-state index contributed by atoms with van der Waals surface area (Å²) >= 11 is 0. The lowest BCUT2D eigenvalue weighted by atomic mass is 10.0. The summed E-state index contributed by atoms with van der Waals surface area (Å²) in [6.45, 7) is 1.94. The van der Waals surface area contributed by atoms with E-state index in [4.69, 9.17) is 5.11 Å². The molecule has 0 spiro atoms. The highest BCUT2D eigenvalue weighted by atomic mass is 16.4. The molecular weight excluding hydrogens is 252 g/mol. The van der Waals surface area contributed by atoms with Gasteiger partial charge in [-0.25, -0.2) is 9.78 Å². The van der Waals surface area contributed by atoms with Crippen molar-refractivity contribution in [1.29, 1.82) is 0 Å². The van der Waals surface area contributed by atoms with Crippen LogP contribution >= 0.6 is 0 Å². The Morgan fingerprint density at radius 1 is 1.15 bits per heavy atom. The molecule has 1 N–H and O–H groups in total. The van der Waals surface area contributed by atoms with Crippen LogP contribution in [0.3, 0.4) is 0 Å². The predicted octanol–water partition coefficient (Wildman–Crippen LogP) is 3.30. The fourth-order valence-electron chi connectivity index (χ4n) is 2.23. The molecule has 3 aromatic rings. The van der Waals surface area contributed by atoms with Gasteiger partial charge in [-0.2, -0.15) is 0 Å². The van der Waals surface area contributed by atoms with Crippen molar-refractivity contribution in [3.05, 3.63) is 60.0 Å². The van der Waals surface area contributed by atoms with Gasteiger partial charge in [0.15, 0.2) is 0 Å². The van der Waals surface area contributed by atoms with Gasteiger partial charge in [0.1, 0.15) is 5.69 Å². The lowest BCUT2D eigenvalue weighted by Gasteiger charge is -2.08. The van der Waals surface area contributed by atoms with E-state index < -0.39 is 5.97 Å². The zero-order valence-corrected chi connectivity index (χ0v) is 10.9. The van der Waals surface area contributed by atoms with Crippen LogP contribution in [0.25, 0.3) is 22.0 Å². The molecule has 0 unspecified atom stereocenters. The first-order valence-electron chi connectivity index (χ1n) is 6.21. The Morgan fingerprint density at radius 2 is 1.95 bits per heavy atom. The monoisotopic (exact) mass is 264 g/mol. The molecule has 0 atom stereocenters. The molecule has 4 nitrogen and oxygen atoms in total. The zero-order valence-electron chi connectivity index (χ0n) is 10.9. The molecule has 0 aliphatic heterocycles. The van der Waals surface area contributed by atoms with Crippen LogP contribution in [-0.2, 0) is 0 Å². The molecule has 20 heavy (non-hydrogen) atoms. The molecule has 0 radical (unpaired) electrons. The van der Waals surface area contributed by atoms with Crippen LogP contribution in [0.2, 0.25) is 0 Å². The smallest absolute Gasteiger partial charge is 0.354 e. The summed E-state index contributed by atoms with van der Waals surface area (Å²) in [6, 6.07) is 13.2. The fraction of sp³-hybridized carbons (Fsp3) is 0.0625. The highest BCUT2D eigenvalue weighted by Crippen LogP contribution is 2.28. The van der Waals surface area contributed by atoms with E-state index in [9.17, 15) is 4.79 Å². The van der Waals surface area contributed by atoms with E-state index >= 15 is 0 Å². The molecule has 0 fully saturated rings. The number of rotatable bonds is 2. The second-order valence-electron chi connectivity index (χ2n) is 4.57. The van der Waals surface area contributed by atoms with E-state index in [1.54, 1.807) is 12.3 Å². The van der Waals surface area contributed by atoms with Crippen molar-refractivity contribution in [3.8, 4) is 11.1 Å². The van der Waals surface area contributed by atoms with Gasteiger partial charge in [0.25, 0.3) is 0 Å². The van der Waals surface area contributed by atoms with Crippen LogP contribution in [0.1, 0.15) is 16.2 Å². The Bertz CT molecular complexity index is 795. The van der Waals surface area contributed by atoms with Crippen LogP contribution in [0.5, 0.6) is 0 Å². The van der Waals surface area contributed by atoms with E-state index in [1.165, 1.54) is 6.07 Å². The second-order valence-corrected chi connectivity index (χ2v) is 4.57. The van der Waals surface area contributed by atoms with Gasteiger partial charge in [-0.05, 0) is 30.7 Å². The van der Waals surface area contributed by atoms with Gasteiger partial charge in [0.05, 0.1) is 5.52 Å². The number of hydrogen-bond acceptors (Lipinski definition) is 3. The lowest BCUT2D eigenvalue weighted by molar-refractivity contribution is 0.0690. The van der Waals surface area contributed by atoms with Gasteiger partial charge in [-0.15, -0.1) is 0 Å². The molecule has 0 saturated heterocycles. The van der Waals surface area contributed by atoms with Crippen molar-refractivity contribution in [2.24, 2.45) is 0 Å². The number of carboxylic acids is 1. The van der Waals surface area contributed by atoms with Crippen LogP contribution in [0.4, 0.5) is 0 Å². The van der Waals surface area contributed by atoms with Crippen LogP contribution < -0.4 is 0 Å². The maximum absolute atomic E-state index is 10.8. The minimum Gasteiger partial charge on any atom is -0.477 e. The van der Waals surface area contributed by atoms with Gasteiger partial charge in [-0.1, -0.05) is 24.3 Å². The molecule has 0 saturated carbocycles. The van der Waals surface area contributed by atoms with E-state index in [-0.39, 0.29) is 5.69 Å². The van der Waals surface area contributed by atoms with Crippen LogP contribution in [-0.4, -0.2) is 21.0 Å². The normalized spacial score (nSPS) is 10.7. The average Bonchev–Trinajstić information content (AvgIpc) is 2.46. The van der Waals surface area contributed by atoms with E-state index in [1.807, 2.05) is 37.3 Å². The third-order valence-corrected chi connectivity index (χ3v) is 3.14. The second kappa shape index (κ2) is 4.74. The number of carboxylic acid groups (broad SMARTS) is 1. The van der Waals surface area contributed by atoms with Crippen molar-refractivity contribution in [2.45, 2.75) is 6.92 Å². The van der Waals surface area contributed by atoms with E-state index in [0.29, 0.717) is 0 Å². The Morgan fingerprint density at radius 3 is 2.65 bits per heavy atom. The van der Waals surface area contributed by atoms with Gasteiger partial charge < -0.3 is 5.11 Å². The zero-order chi connectivity index (χ0) is 14.1. The Hall–Kier alpha value is -2.75. The summed E-state index contributed by atoms with van der Waals surface area (Å²) in [7, 11) is 0. The standard InChI is InChI=1S/C16H12N2O2/c1-10-8-13(12-4-2-3-5-14(12)18-10)11-6-7-15(16(19)20)17-9-11/h2-9H,1H3,(H,19,20). The van der Waals surface area contributed by atoms with Crippen LogP contribution in [0, 0.1) is 6.92 Å². The first kappa shape index (κ1) is 12.3. The first-order chi connectivity index (χ1) is 9.65. The van der Waals surface area contributed by atoms with Crippen molar-refractivity contribution in [3.63, 3.8) is 0 Å². The summed E-state index contributed by atoms with van der Waals surface area (Å²) < 4.78 is 0. The molecule has 3 rings (SSSR count). The summed E-state index contributed by atoms with van der Waals surface area (Å²) in [5.74, 6) is -1.02. The van der Waals surface area contributed by atoms with Crippen molar-refractivity contribution in [2.75, 3.05) is 0 Å². The number of aryl methyl sites for hydroxylation is 1. The average molecular weight is 264 g/mol. The molecule has 98 valence electrons. The molecule has 0 bridgehead atoms. The molecule has 4 heteroatoms. The quantitative estimate of drug-likeness (QED) is 0.771. The number of aromatic carboxylic acids is 1. The number of nitrogens with zero attached hydrogens (tertiary/aromatic N) is 2. The maximum atomic E-state index is 10.8. The van der Waals surface area contributed by atoms with Crippen LogP contribution in [0.15, 0.2) is 48.7 Å². The third kappa shape index (κ3) is 2.12. The first-order valence-corrected chi connectivity index (χ1v) is 6.21. The molecule has 0 aliphatic carbocycles. The molecule has 2 heterocycles. The third-order valence-electron chi connectivity index (χ3n) is 3.14. The summed E-state index contributed by atoms with van der Waals surface area (Å²) in [5, 5.41) is 9.92. The predicted molar refractivity (Wildman–Crippen MR) is 76.7 cm³/mol. The van der Waals surface area contributed by atoms with Gasteiger partial charge in [-0.3, -0.25) is 4.98 Å². The minimum atomic E-state index is -1.02. The number of pyridine rings is 2. The van der Waals surface area contributed by atoms with Gasteiger partial charge in [0, 0.05) is 22.8 Å². The topological polar surface area (TPSA) is 63.1 Å². The molecule has 1 aromatic carbocycles. The van der Waals surface area contributed by atoms with Crippen molar-refractivity contribution in [1.82, 2.24) is 9.97 Å². The van der Waals surface area contributed by atoms with E-state index in [2.05, 4.69) is 9.97 Å². The number of carbonyl (C=O) groups is 1. The number of hydrogen-bond donors (Lipinski definition) is 1. The number of aromatic nitrogens is 2. The Kier molecular flexibility index (Phi) is 2.91. The summed E-state index contributed by atoms with van der Waals surface area (Å²) in [6.07, 6.45) is 1.59. The Labute approximate surface area is 115 Å². The van der Waals surface area contributed by atoms with Crippen molar-refractivity contribution < 1.29 is 9.90 Å². The minimum absolute atomic E-state index is 0.0452. The number of para-hydroxylation sites is 1. The highest BCUT2D eigenvalue weighted by molar-refractivity contribution is 5.95. The molecule has 0 amide bonds. The van der Waals surface area contributed by atoms with Crippen molar-refractivity contribution >= 4 is 16.9 Å². The molecular formula is C16H12N2O2. The lowest BCUT2D eigenvalue weighted by Crippen LogP contribution is -1.99. The number of fused-ring (bicyclic) bond motifs is 1. The molecule has 2 aromatic heterocycles.